The molecule has 1 saturated heterocycles. The molecule has 1 heterocycles. The summed E-state index contributed by atoms with van der Waals surface area (Å²) in [6.07, 6.45) is 3.74. The fourth-order valence-corrected chi connectivity index (χ4v) is 2.04. The molecule has 0 atom stereocenters. The van der Waals surface area contributed by atoms with E-state index < -0.39 is 0 Å². The average Bonchev–Trinajstić information content (AvgIpc) is 2.53. The van der Waals surface area contributed by atoms with Crippen LogP contribution in [-0.4, -0.2) is 30.4 Å². The Morgan fingerprint density at radius 3 is 2.05 bits per heavy atom. The molecule has 0 aromatic heterocycles. The lowest BCUT2D eigenvalue weighted by atomic mass is 10.1. The minimum Gasteiger partial charge on any atom is -0.325 e. The van der Waals surface area contributed by atoms with Gasteiger partial charge in [-0.3, -0.25) is 9.69 Å². The summed E-state index contributed by atoms with van der Waals surface area (Å²) in [5.74, 6) is 0.0908. The van der Waals surface area contributed by atoms with E-state index in [1.165, 1.54) is 19.3 Å². The van der Waals surface area contributed by atoms with Crippen LogP contribution in [0.15, 0.2) is 30.3 Å². The van der Waals surface area contributed by atoms with Crippen LogP contribution < -0.4 is 5.32 Å². The van der Waals surface area contributed by atoms with Crippen molar-refractivity contribution in [2.24, 2.45) is 0 Å². The number of anilines is 1. The zero-order valence-corrected chi connectivity index (χ0v) is 13.5. The maximum Gasteiger partial charge on any atom is 0.238 e. The highest BCUT2D eigenvalue weighted by molar-refractivity contribution is 5.92. The van der Waals surface area contributed by atoms with E-state index in [1.807, 2.05) is 58.0 Å². The Balaban J connectivity index is 0. The van der Waals surface area contributed by atoms with Crippen molar-refractivity contribution in [2.45, 2.75) is 54.4 Å². The van der Waals surface area contributed by atoms with Gasteiger partial charge in [0.1, 0.15) is 0 Å². The predicted molar refractivity (Wildman–Crippen MR) is 94.8 cm³/mol. The van der Waals surface area contributed by atoms with E-state index in [0.29, 0.717) is 6.54 Å². The van der Waals surface area contributed by atoms with Gasteiger partial charge in [0.15, 0.2) is 0 Å². The van der Waals surface area contributed by atoms with Gasteiger partial charge in [-0.05, 0) is 38.1 Å². The van der Waals surface area contributed by atoms with Crippen LogP contribution in [0, 0.1) is 0 Å². The van der Waals surface area contributed by atoms with E-state index >= 15 is 0 Å². The van der Waals surface area contributed by atoms with Crippen molar-refractivity contribution < 1.29 is 4.79 Å². The van der Waals surface area contributed by atoms with Crippen molar-refractivity contribution in [3.05, 3.63) is 30.3 Å². The van der Waals surface area contributed by atoms with Gasteiger partial charge in [-0.1, -0.05) is 59.7 Å². The van der Waals surface area contributed by atoms with Crippen molar-refractivity contribution in [1.29, 1.82) is 0 Å². The summed E-state index contributed by atoms with van der Waals surface area (Å²) in [7, 11) is 0. The largest absolute Gasteiger partial charge is 0.325 e. The topological polar surface area (TPSA) is 32.3 Å². The van der Waals surface area contributed by atoms with Gasteiger partial charge >= 0.3 is 0 Å². The third kappa shape index (κ3) is 10.1. The molecule has 3 heteroatoms. The minimum atomic E-state index is 0. The summed E-state index contributed by atoms with van der Waals surface area (Å²) in [4.78, 5) is 14.0. The van der Waals surface area contributed by atoms with Crippen LogP contribution in [0.1, 0.15) is 54.4 Å². The third-order valence-electron chi connectivity index (χ3n) is 2.87. The van der Waals surface area contributed by atoms with Crippen molar-refractivity contribution >= 4 is 11.6 Å². The van der Waals surface area contributed by atoms with Crippen LogP contribution in [0.3, 0.4) is 0 Å². The number of nitrogens with one attached hydrogen (secondary N) is 1. The quantitative estimate of drug-likeness (QED) is 0.868. The van der Waals surface area contributed by atoms with Crippen LogP contribution in [0.5, 0.6) is 0 Å². The highest BCUT2D eigenvalue weighted by Crippen LogP contribution is 2.09. The van der Waals surface area contributed by atoms with Gasteiger partial charge in [0, 0.05) is 5.69 Å². The Bertz CT molecular complexity index is 332. The molecular formula is C18H34N2O. The molecule has 3 nitrogen and oxygen atoms in total. The second-order valence-electron chi connectivity index (χ2n) is 4.25. The fraction of sp³-hybridized carbons (Fsp3) is 0.611. The van der Waals surface area contributed by atoms with Crippen molar-refractivity contribution in [3.8, 4) is 0 Å². The summed E-state index contributed by atoms with van der Waals surface area (Å²) in [5.41, 5.74) is 0.879. The monoisotopic (exact) mass is 294 g/mol. The minimum absolute atomic E-state index is 0. The predicted octanol–water partition coefficient (Wildman–Crippen LogP) is 4.80. The molecule has 0 spiro atoms. The van der Waals surface area contributed by atoms with E-state index in [2.05, 4.69) is 10.2 Å². The summed E-state index contributed by atoms with van der Waals surface area (Å²) in [5, 5.41) is 2.91. The number of nitrogens with zero attached hydrogens (tertiary/aromatic N) is 1. The molecule has 1 aliphatic rings. The highest BCUT2D eigenvalue weighted by Gasteiger charge is 2.13. The number of para-hydroxylation sites is 1. The zero-order chi connectivity index (χ0) is 15.2. The summed E-state index contributed by atoms with van der Waals surface area (Å²) in [6.45, 7) is 10.6. The number of rotatable bonds is 3. The van der Waals surface area contributed by atoms with Gasteiger partial charge < -0.3 is 5.32 Å². The van der Waals surface area contributed by atoms with Crippen molar-refractivity contribution in [3.63, 3.8) is 0 Å². The SMILES string of the molecule is C.CC.CC.O=C(CN1CCCCC1)Nc1ccccc1. The second-order valence-corrected chi connectivity index (χ2v) is 4.25. The molecule has 1 aromatic rings. The molecule has 1 N–H and O–H groups in total. The van der Waals surface area contributed by atoms with Crippen molar-refractivity contribution in [1.82, 2.24) is 4.90 Å². The number of likely N-dealkylation sites (tertiary alicyclic amines) is 1. The Kier molecular flexibility index (Phi) is 15.7. The number of carbonyl (C=O) groups excluding carboxylic acids is 1. The number of amides is 1. The molecule has 2 rings (SSSR count). The van der Waals surface area contributed by atoms with Crippen LogP contribution in [-0.2, 0) is 4.79 Å². The van der Waals surface area contributed by atoms with Gasteiger partial charge in [-0.15, -0.1) is 0 Å². The van der Waals surface area contributed by atoms with E-state index in [-0.39, 0.29) is 13.3 Å². The van der Waals surface area contributed by atoms with Gasteiger partial charge in [-0.25, -0.2) is 0 Å². The Morgan fingerprint density at radius 1 is 1.00 bits per heavy atom. The first-order chi connectivity index (χ1) is 9.84. The van der Waals surface area contributed by atoms with Gasteiger partial charge in [0.25, 0.3) is 0 Å². The maximum absolute atomic E-state index is 11.7. The number of benzene rings is 1. The highest BCUT2D eigenvalue weighted by atomic mass is 16.2. The Hall–Kier alpha value is -1.35. The summed E-state index contributed by atoms with van der Waals surface area (Å²) in [6, 6.07) is 9.62. The number of piperidine rings is 1. The molecule has 0 radical (unpaired) electrons. The first kappa shape index (κ1) is 21.9. The maximum atomic E-state index is 11.7. The van der Waals surface area contributed by atoms with Gasteiger partial charge in [0.05, 0.1) is 6.54 Å². The molecule has 0 aliphatic carbocycles. The molecule has 1 aliphatic heterocycles. The Labute approximate surface area is 131 Å². The lowest BCUT2D eigenvalue weighted by Crippen LogP contribution is -2.36. The molecule has 0 bridgehead atoms. The fourth-order valence-electron chi connectivity index (χ4n) is 2.04. The number of carbonyl (C=O) groups is 1. The first-order valence-corrected chi connectivity index (χ1v) is 7.92. The van der Waals surface area contributed by atoms with E-state index in [9.17, 15) is 4.79 Å². The molecule has 122 valence electrons. The van der Waals surface area contributed by atoms with Gasteiger partial charge in [0.2, 0.25) is 5.91 Å². The molecule has 0 unspecified atom stereocenters. The smallest absolute Gasteiger partial charge is 0.238 e. The average molecular weight is 294 g/mol. The summed E-state index contributed by atoms with van der Waals surface area (Å²) < 4.78 is 0. The van der Waals surface area contributed by atoms with Crippen LogP contribution in [0.2, 0.25) is 0 Å². The van der Waals surface area contributed by atoms with E-state index in [1.54, 1.807) is 0 Å². The summed E-state index contributed by atoms with van der Waals surface area (Å²) >= 11 is 0. The number of hydrogen-bond acceptors (Lipinski definition) is 2. The van der Waals surface area contributed by atoms with E-state index in [4.69, 9.17) is 0 Å². The van der Waals surface area contributed by atoms with E-state index in [0.717, 1.165) is 18.8 Å². The van der Waals surface area contributed by atoms with Crippen LogP contribution in [0.4, 0.5) is 5.69 Å². The lowest BCUT2D eigenvalue weighted by Gasteiger charge is -2.25. The number of hydrogen-bond donors (Lipinski definition) is 1. The molecular weight excluding hydrogens is 260 g/mol. The molecule has 21 heavy (non-hydrogen) atoms. The molecule has 1 amide bonds. The molecule has 0 saturated carbocycles. The molecule has 1 aromatic carbocycles. The first-order valence-electron chi connectivity index (χ1n) is 7.92. The van der Waals surface area contributed by atoms with Crippen LogP contribution in [0.25, 0.3) is 0 Å². The zero-order valence-electron chi connectivity index (χ0n) is 13.5. The normalized spacial score (nSPS) is 13.5. The standard InChI is InChI=1S/C13H18N2O.2C2H6.CH4/c16-13(11-15-9-5-2-6-10-15)14-12-7-3-1-4-8-12;2*1-2;/h1,3-4,7-8H,2,5-6,9-11H2,(H,14,16);2*1-2H3;1H4. The van der Waals surface area contributed by atoms with Crippen molar-refractivity contribution in [2.75, 3.05) is 25.0 Å². The third-order valence-corrected chi connectivity index (χ3v) is 2.87. The van der Waals surface area contributed by atoms with Gasteiger partial charge in [-0.2, -0.15) is 0 Å². The molecule has 1 fully saturated rings. The second kappa shape index (κ2) is 15.0. The van der Waals surface area contributed by atoms with Crippen LogP contribution >= 0.6 is 0 Å². The lowest BCUT2D eigenvalue weighted by molar-refractivity contribution is -0.117. The Morgan fingerprint density at radius 2 is 1.52 bits per heavy atom.